The van der Waals surface area contributed by atoms with Gasteiger partial charge in [0.2, 0.25) is 5.91 Å². The number of hydrogen-bond acceptors (Lipinski definition) is 2. The molecule has 0 bridgehead atoms. The molecule has 0 radical (unpaired) electrons. The monoisotopic (exact) mass is 370 g/mol. The van der Waals surface area contributed by atoms with E-state index in [4.69, 9.17) is 17.3 Å². The van der Waals surface area contributed by atoms with E-state index in [0.29, 0.717) is 17.1 Å². The number of carbonyl (C=O) groups excluding carboxylic acids is 1. The third-order valence-electron chi connectivity index (χ3n) is 3.44. The van der Waals surface area contributed by atoms with Crippen molar-refractivity contribution >= 4 is 31.3 Å². The fourth-order valence-electron chi connectivity index (χ4n) is 2.14. The summed E-state index contributed by atoms with van der Waals surface area (Å²) in [5.74, 6) is 2.89. The van der Waals surface area contributed by atoms with Crippen LogP contribution < -0.4 is 11.1 Å². The van der Waals surface area contributed by atoms with E-state index in [1.807, 2.05) is 36.4 Å². The number of nitrogens with two attached hydrogens (primary N) is 1. The number of benzene rings is 2. The van der Waals surface area contributed by atoms with Crippen molar-refractivity contribution in [2.24, 2.45) is 5.73 Å². The van der Waals surface area contributed by atoms with Gasteiger partial charge in [-0.25, -0.2) is 0 Å². The summed E-state index contributed by atoms with van der Waals surface area (Å²) in [6.07, 6.45) is 0.476. The van der Waals surface area contributed by atoms with Gasteiger partial charge in [0, 0.05) is 5.56 Å². The van der Waals surface area contributed by atoms with E-state index in [1.165, 1.54) is 0 Å². The number of rotatable bonds is 4. The molecule has 0 aliphatic rings. The van der Waals surface area contributed by atoms with Crippen LogP contribution in [-0.2, 0) is 11.2 Å². The zero-order valence-corrected chi connectivity index (χ0v) is 16.5. The summed E-state index contributed by atoms with van der Waals surface area (Å²) in [7, 11) is -1.44. The molecule has 2 aromatic carbocycles. The van der Waals surface area contributed by atoms with Crippen LogP contribution in [0.2, 0.25) is 24.7 Å². The van der Waals surface area contributed by atoms with Crippen LogP contribution in [0.4, 0.5) is 5.69 Å². The van der Waals surface area contributed by atoms with Crippen LogP contribution in [0.25, 0.3) is 0 Å². The number of hydrogen-bond donors (Lipinski definition) is 2. The standard InChI is InChI=1S/C20H23ClN2OSi/c1-25(2,3)12-11-16-9-10-19(17(21)13-16)23-20(24)18(22)14-15-7-5-4-6-8-15/h4-10,13,18H,14,22H2,1-3H3,(H,23,24). The number of nitrogens with one attached hydrogen (secondary N) is 1. The number of halogens is 1. The molecule has 0 aliphatic heterocycles. The van der Waals surface area contributed by atoms with Crippen molar-refractivity contribution in [1.29, 1.82) is 0 Å². The smallest absolute Gasteiger partial charge is 0.241 e. The lowest BCUT2D eigenvalue weighted by Gasteiger charge is -2.13. The average Bonchev–Trinajstić information content (AvgIpc) is 2.55. The maximum atomic E-state index is 12.3. The van der Waals surface area contributed by atoms with Crippen LogP contribution in [0.15, 0.2) is 48.5 Å². The van der Waals surface area contributed by atoms with Crippen molar-refractivity contribution in [3.05, 3.63) is 64.7 Å². The Morgan fingerprint density at radius 3 is 2.48 bits per heavy atom. The van der Waals surface area contributed by atoms with Crippen LogP contribution in [0.3, 0.4) is 0 Å². The lowest BCUT2D eigenvalue weighted by atomic mass is 10.1. The summed E-state index contributed by atoms with van der Waals surface area (Å²) in [4.78, 5) is 12.3. The van der Waals surface area contributed by atoms with Gasteiger partial charge >= 0.3 is 0 Å². The topological polar surface area (TPSA) is 55.1 Å². The van der Waals surface area contributed by atoms with Crippen LogP contribution in [0.1, 0.15) is 11.1 Å². The van der Waals surface area contributed by atoms with Crippen LogP contribution in [0.5, 0.6) is 0 Å². The molecule has 2 aromatic rings. The Balaban J connectivity index is 2.04. The van der Waals surface area contributed by atoms with E-state index in [-0.39, 0.29) is 5.91 Å². The number of amides is 1. The van der Waals surface area contributed by atoms with Gasteiger partial charge in [-0.2, -0.15) is 0 Å². The quantitative estimate of drug-likeness (QED) is 0.629. The van der Waals surface area contributed by atoms with Crippen molar-refractivity contribution in [2.75, 3.05) is 5.32 Å². The van der Waals surface area contributed by atoms with E-state index < -0.39 is 14.1 Å². The summed E-state index contributed by atoms with van der Waals surface area (Å²) in [6, 6.07) is 14.5. The highest BCUT2D eigenvalue weighted by molar-refractivity contribution is 6.83. The second-order valence-electron chi connectivity index (χ2n) is 6.98. The highest BCUT2D eigenvalue weighted by Crippen LogP contribution is 2.23. The molecule has 0 saturated heterocycles. The Labute approximate surface area is 155 Å². The second kappa shape index (κ2) is 8.35. The fraction of sp³-hybridized carbons (Fsp3) is 0.250. The molecule has 0 fully saturated rings. The molecular weight excluding hydrogens is 348 g/mol. The van der Waals surface area contributed by atoms with E-state index in [0.717, 1.165) is 11.1 Å². The predicted molar refractivity (Wildman–Crippen MR) is 108 cm³/mol. The molecule has 0 aliphatic carbocycles. The Bertz CT molecular complexity index is 804. The second-order valence-corrected chi connectivity index (χ2v) is 12.1. The van der Waals surface area contributed by atoms with Gasteiger partial charge < -0.3 is 11.1 Å². The predicted octanol–water partition coefficient (Wildman–Crippen LogP) is 4.08. The molecule has 2 rings (SSSR count). The largest absolute Gasteiger partial charge is 0.323 e. The molecule has 3 N–H and O–H groups in total. The zero-order chi connectivity index (χ0) is 18.4. The Hall–Kier alpha value is -2.06. The summed E-state index contributed by atoms with van der Waals surface area (Å²) in [5, 5.41) is 3.26. The molecule has 3 nitrogen and oxygen atoms in total. The van der Waals surface area contributed by atoms with Gasteiger partial charge in [0.1, 0.15) is 8.07 Å². The molecule has 1 unspecified atom stereocenters. The molecule has 130 valence electrons. The van der Waals surface area contributed by atoms with E-state index >= 15 is 0 Å². The normalized spacial score (nSPS) is 12.0. The summed E-state index contributed by atoms with van der Waals surface area (Å²) < 4.78 is 0. The molecule has 0 saturated carbocycles. The van der Waals surface area contributed by atoms with Crippen LogP contribution >= 0.6 is 11.6 Å². The number of anilines is 1. The maximum absolute atomic E-state index is 12.3. The van der Waals surface area contributed by atoms with Gasteiger partial charge in [-0.15, -0.1) is 5.54 Å². The van der Waals surface area contributed by atoms with E-state index in [2.05, 4.69) is 36.4 Å². The molecule has 25 heavy (non-hydrogen) atoms. The molecular formula is C20H23ClN2OSi. The molecule has 0 heterocycles. The highest BCUT2D eigenvalue weighted by Gasteiger charge is 2.15. The molecule has 5 heteroatoms. The lowest BCUT2D eigenvalue weighted by molar-refractivity contribution is -0.117. The highest BCUT2D eigenvalue weighted by atomic mass is 35.5. The van der Waals surface area contributed by atoms with Crippen LogP contribution in [-0.4, -0.2) is 20.0 Å². The van der Waals surface area contributed by atoms with E-state index in [9.17, 15) is 4.79 Å². The minimum Gasteiger partial charge on any atom is -0.323 e. The van der Waals surface area contributed by atoms with Crippen molar-refractivity contribution in [2.45, 2.75) is 32.1 Å². The van der Waals surface area contributed by atoms with Gasteiger partial charge in [-0.1, -0.05) is 67.5 Å². The summed E-state index contributed by atoms with van der Waals surface area (Å²) in [5.41, 5.74) is 11.7. The Morgan fingerprint density at radius 1 is 1.20 bits per heavy atom. The Kier molecular flexibility index (Phi) is 6.43. The first-order valence-corrected chi connectivity index (χ1v) is 12.1. The molecule has 1 amide bonds. The first kappa shape index (κ1) is 19.3. The first-order valence-electron chi connectivity index (χ1n) is 8.18. The van der Waals surface area contributed by atoms with Crippen molar-refractivity contribution in [3.63, 3.8) is 0 Å². The zero-order valence-electron chi connectivity index (χ0n) is 14.8. The molecule has 0 spiro atoms. The van der Waals surface area contributed by atoms with Gasteiger partial charge in [0.25, 0.3) is 0 Å². The van der Waals surface area contributed by atoms with Crippen molar-refractivity contribution in [3.8, 4) is 11.5 Å². The maximum Gasteiger partial charge on any atom is 0.241 e. The Morgan fingerprint density at radius 2 is 1.88 bits per heavy atom. The lowest BCUT2D eigenvalue weighted by Crippen LogP contribution is -2.37. The van der Waals surface area contributed by atoms with Crippen molar-refractivity contribution in [1.82, 2.24) is 0 Å². The average molecular weight is 371 g/mol. The van der Waals surface area contributed by atoms with Gasteiger partial charge in [0.15, 0.2) is 0 Å². The first-order chi connectivity index (χ1) is 11.7. The molecule has 1 atom stereocenters. The van der Waals surface area contributed by atoms with Gasteiger partial charge in [-0.05, 0) is 30.2 Å². The van der Waals surface area contributed by atoms with Crippen molar-refractivity contribution < 1.29 is 4.79 Å². The van der Waals surface area contributed by atoms with Gasteiger partial charge in [0.05, 0.1) is 16.8 Å². The van der Waals surface area contributed by atoms with Crippen LogP contribution in [0, 0.1) is 11.5 Å². The summed E-state index contributed by atoms with van der Waals surface area (Å²) >= 11 is 6.28. The van der Waals surface area contributed by atoms with E-state index in [1.54, 1.807) is 12.1 Å². The third-order valence-corrected chi connectivity index (χ3v) is 4.63. The third kappa shape index (κ3) is 6.39. The minimum absolute atomic E-state index is 0.258. The SMILES string of the molecule is C[Si](C)(C)C#Cc1ccc(NC(=O)C(N)Cc2ccccc2)c(Cl)c1. The fourth-order valence-corrected chi connectivity index (χ4v) is 2.89. The molecule has 0 aromatic heterocycles. The minimum atomic E-state index is -1.44. The number of carbonyl (C=O) groups is 1. The summed E-state index contributed by atoms with van der Waals surface area (Å²) in [6.45, 7) is 6.55. The van der Waals surface area contributed by atoms with Gasteiger partial charge in [-0.3, -0.25) is 4.79 Å².